The summed E-state index contributed by atoms with van der Waals surface area (Å²) in [6, 6.07) is 12.4. The monoisotopic (exact) mass is 405 g/mol. The van der Waals surface area contributed by atoms with Crippen molar-refractivity contribution >= 4 is 17.5 Å². The SMILES string of the molecule is CC(C)c1c(C(=O)Nc2ccc(C(=O)NC(C)(C)C)cc2)cnn1-c1ccccn1. The van der Waals surface area contributed by atoms with Crippen molar-refractivity contribution in [1.82, 2.24) is 20.1 Å². The maximum absolute atomic E-state index is 12.9. The van der Waals surface area contributed by atoms with Gasteiger partial charge in [0, 0.05) is 23.0 Å². The second kappa shape index (κ2) is 8.49. The van der Waals surface area contributed by atoms with Crippen molar-refractivity contribution in [2.24, 2.45) is 0 Å². The average Bonchev–Trinajstić information content (AvgIpc) is 3.13. The Labute approximate surface area is 176 Å². The van der Waals surface area contributed by atoms with Gasteiger partial charge < -0.3 is 10.6 Å². The van der Waals surface area contributed by atoms with Crippen molar-refractivity contribution in [1.29, 1.82) is 0 Å². The number of benzene rings is 1. The summed E-state index contributed by atoms with van der Waals surface area (Å²) >= 11 is 0. The first kappa shape index (κ1) is 21.2. The Morgan fingerprint density at radius 2 is 1.70 bits per heavy atom. The first-order valence-electron chi connectivity index (χ1n) is 9.89. The Balaban J connectivity index is 1.80. The van der Waals surface area contributed by atoms with Gasteiger partial charge in [-0.25, -0.2) is 9.67 Å². The smallest absolute Gasteiger partial charge is 0.259 e. The van der Waals surface area contributed by atoms with E-state index in [1.54, 1.807) is 41.3 Å². The predicted octanol–water partition coefficient (Wildman–Crippen LogP) is 4.17. The second-order valence-electron chi connectivity index (χ2n) is 8.43. The summed E-state index contributed by atoms with van der Waals surface area (Å²) in [6.45, 7) is 9.80. The van der Waals surface area contributed by atoms with Crippen molar-refractivity contribution in [3.8, 4) is 5.82 Å². The van der Waals surface area contributed by atoms with Crippen LogP contribution in [0.3, 0.4) is 0 Å². The van der Waals surface area contributed by atoms with Gasteiger partial charge in [0.15, 0.2) is 5.82 Å². The quantitative estimate of drug-likeness (QED) is 0.667. The number of hydrogen-bond donors (Lipinski definition) is 2. The Hall–Kier alpha value is -3.48. The summed E-state index contributed by atoms with van der Waals surface area (Å²) in [4.78, 5) is 29.5. The molecular formula is C23H27N5O2. The lowest BCUT2D eigenvalue weighted by atomic mass is 10.0. The summed E-state index contributed by atoms with van der Waals surface area (Å²) in [7, 11) is 0. The summed E-state index contributed by atoms with van der Waals surface area (Å²) in [5.74, 6) is 0.320. The first-order valence-corrected chi connectivity index (χ1v) is 9.89. The molecule has 0 bridgehead atoms. The minimum atomic E-state index is -0.314. The fourth-order valence-electron chi connectivity index (χ4n) is 3.07. The molecule has 3 aromatic rings. The van der Waals surface area contributed by atoms with Crippen LogP contribution >= 0.6 is 0 Å². The zero-order valence-electron chi connectivity index (χ0n) is 17.9. The zero-order valence-corrected chi connectivity index (χ0v) is 17.9. The summed E-state index contributed by atoms with van der Waals surface area (Å²) in [5, 5.41) is 10.2. The van der Waals surface area contributed by atoms with Crippen LogP contribution in [0.1, 0.15) is 66.9 Å². The van der Waals surface area contributed by atoms with Crippen molar-refractivity contribution in [2.45, 2.75) is 46.1 Å². The minimum Gasteiger partial charge on any atom is -0.347 e. The normalized spacial score (nSPS) is 11.4. The van der Waals surface area contributed by atoms with Gasteiger partial charge in [0.25, 0.3) is 11.8 Å². The molecule has 2 aromatic heterocycles. The molecule has 30 heavy (non-hydrogen) atoms. The molecule has 0 saturated heterocycles. The summed E-state index contributed by atoms with van der Waals surface area (Å²) < 4.78 is 1.69. The molecule has 0 fully saturated rings. The largest absolute Gasteiger partial charge is 0.347 e. The van der Waals surface area contributed by atoms with Crippen LogP contribution in [0.2, 0.25) is 0 Å². The lowest BCUT2D eigenvalue weighted by Gasteiger charge is -2.20. The van der Waals surface area contributed by atoms with Crippen molar-refractivity contribution in [3.63, 3.8) is 0 Å². The molecule has 0 aliphatic rings. The Morgan fingerprint density at radius 1 is 1.00 bits per heavy atom. The summed E-state index contributed by atoms with van der Waals surface area (Å²) in [6.07, 6.45) is 3.25. The van der Waals surface area contributed by atoms with Crippen LogP contribution in [-0.4, -0.2) is 32.1 Å². The molecular weight excluding hydrogens is 378 g/mol. The van der Waals surface area contributed by atoms with Crippen molar-refractivity contribution in [3.05, 3.63) is 71.7 Å². The Kier molecular flexibility index (Phi) is 6.01. The number of carbonyl (C=O) groups excluding carboxylic acids is 2. The van der Waals surface area contributed by atoms with E-state index in [0.29, 0.717) is 22.6 Å². The Morgan fingerprint density at radius 3 is 2.27 bits per heavy atom. The van der Waals surface area contributed by atoms with Gasteiger partial charge in [0.2, 0.25) is 0 Å². The standard InChI is InChI=1S/C23H27N5O2/c1-15(2)20-18(14-25-28(20)19-8-6-7-13-24-19)22(30)26-17-11-9-16(10-12-17)21(29)27-23(3,4)5/h6-15H,1-5H3,(H,26,30)(H,27,29). The molecule has 0 radical (unpaired) electrons. The summed E-state index contributed by atoms with van der Waals surface area (Å²) in [5.41, 5.74) is 2.10. The maximum atomic E-state index is 12.9. The van der Waals surface area contributed by atoms with Crippen LogP contribution in [0.4, 0.5) is 5.69 Å². The molecule has 0 unspecified atom stereocenters. The predicted molar refractivity (Wildman–Crippen MR) is 117 cm³/mol. The molecule has 2 N–H and O–H groups in total. The molecule has 2 heterocycles. The molecule has 0 aliphatic carbocycles. The van der Waals surface area contributed by atoms with Crippen LogP contribution in [-0.2, 0) is 0 Å². The lowest BCUT2D eigenvalue weighted by molar-refractivity contribution is 0.0919. The number of hydrogen-bond acceptors (Lipinski definition) is 4. The van der Waals surface area contributed by atoms with E-state index < -0.39 is 0 Å². The molecule has 0 saturated carbocycles. The third-order valence-corrected chi connectivity index (χ3v) is 4.36. The van der Waals surface area contributed by atoms with Crippen LogP contribution in [0.25, 0.3) is 5.82 Å². The topological polar surface area (TPSA) is 88.9 Å². The molecule has 1 aromatic carbocycles. The number of rotatable bonds is 5. The third-order valence-electron chi connectivity index (χ3n) is 4.36. The zero-order chi connectivity index (χ0) is 21.9. The number of amides is 2. The average molecular weight is 406 g/mol. The number of carbonyl (C=O) groups is 2. The van der Waals surface area contributed by atoms with Gasteiger partial charge in [-0.3, -0.25) is 9.59 Å². The second-order valence-corrected chi connectivity index (χ2v) is 8.43. The highest BCUT2D eigenvalue weighted by atomic mass is 16.2. The lowest BCUT2D eigenvalue weighted by Crippen LogP contribution is -2.40. The minimum absolute atomic E-state index is 0.0683. The van der Waals surface area contributed by atoms with Gasteiger partial charge in [0.05, 0.1) is 17.5 Å². The highest BCUT2D eigenvalue weighted by Gasteiger charge is 2.22. The fourth-order valence-corrected chi connectivity index (χ4v) is 3.07. The molecule has 2 amide bonds. The molecule has 0 atom stereocenters. The van der Waals surface area contributed by atoms with Crippen LogP contribution < -0.4 is 10.6 Å². The molecule has 156 valence electrons. The number of aromatic nitrogens is 3. The van der Waals surface area contributed by atoms with E-state index >= 15 is 0 Å². The van der Waals surface area contributed by atoms with Crippen LogP contribution in [0.5, 0.6) is 0 Å². The highest BCUT2D eigenvalue weighted by molar-refractivity contribution is 6.05. The fraction of sp³-hybridized carbons (Fsp3) is 0.304. The molecule has 3 rings (SSSR count). The number of pyridine rings is 1. The number of anilines is 1. The van der Waals surface area contributed by atoms with Gasteiger partial charge in [-0.15, -0.1) is 0 Å². The molecule has 0 aliphatic heterocycles. The van der Waals surface area contributed by atoms with Crippen molar-refractivity contribution in [2.75, 3.05) is 5.32 Å². The van der Waals surface area contributed by atoms with Gasteiger partial charge in [-0.05, 0) is 63.1 Å². The van der Waals surface area contributed by atoms with Gasteiger partial charge >= 0.3 is 0 Å². The molecule has 7 nitrogen and oxygen atoms in total. The molecule has 7 heteroatoms. The highest BCUT2D eigenvalue weighted by Crippen LogP contribution is 2.23. The van der Waals surface area contributed by atoms with Gasteiger partial charge in [-0.2, -0.15) is 5.10 Å². The van der Waals surface area contributed by atoms with E-state index in [4.69, 9.17) is 0 Å². The van der Waals surface area contributed by atoms with Gasteiger partial charge in [0.1, 0.15) is 0 Å². The van der Waals surface area contributed by atoms with E-state index in [1.807, 2.05) is 52.8 Å². The van der Waals surface area contributed by atoms with Crippen LogP contribution in [0.15, 0.2) is 54.9 Å². The van der Waals surface area contributed by atoms with E-state index in [-0.39, 0.29) is 23.3 Å². The number of nitrogens with zero attached hydrogens (tertiary/aromatic N) is 3. The maximum Gasteiger partial charge on any atom is 0.259 e. The van der Waals surface area contributed by atoms with E-state index in [1.165, 1.54) is 0 Å². The van der Waals surface area contributed by atoms with Crippen molar-refractivity contribution < 1.29 is 9.59 Å². The Bertz CT molecular complexity index is 1030. The van der Waals surface area contributed by atoms with E-state index in [9.17, 15) is 9.59 Å². The number of nitrogens with one attached hydrogen (secondary N) is 2. The first-order chi connectivity index (χ1) is 14.2. The van der Waals surface area contributed by atoms with Crippen LogP contribution in [0, 0.1) is 0 Å². The van der Waals surface area contributed by atoms with E-state index in [2.05, 4.69) is 20.7 Å². The van der Waals surface area contributed by atoms with Gasteiger partial charge in [-0.1, -0.05) is 19.9 Å². The third kappa shape index (κ3) is 4.92. The molecule has 0 spiro atoms. The van der Waals surface area contributed by atoms with E-state index in [0.717, 1.165) is 5.69 Å².